The van der Waals surface area contributed by atoms with Crippen molar-refractivity contribution in [2.24, 2.45) is 11.7 Å². The third-order valence-electron chi connectivity index (χ3n) is 4.19. The van der Waals surface area contributed by atoms with Crippen LogP contribution in [-0.2, 0) is 19.2 Å². The van der Waals surface area contributed by atoms with Crippen LogP contribution in [0.1, 0.15) is 39.5 Å². The van der Waals surface area contributed by atoms with E-state index in [1.807, 2.05) is 0 Å². The van der Waals surface area contributed by atoms with E-state index >= 15 is 0 Å². The quantitative estimate of drug-likeness (QED) is 0.352. The van der Waals surface area contributed by atoms with E-state index in [9.17, 15) is 24.3 Å². The highest BCUT2D eigenvalue weighted by Gasteiger charge is 2.32. The van der Waals surface area contributed by atoms with E-state index in [1.54, 1.807) is 13.8 Å². The van der Waals surface area contributed by atoms with Gasteiger partial charge in [-0.05, 0) is 25.3 Å². The molecule has 0 aliphatic carbocycles. The molecule has 24 heavy (non-hydrogen) atoms. The number of hydrogen-bond donors (Lipinski definition) is 5. The average Bonchev–Trinajstić information content (AvgIpc) is 3.04. The molecular weight excluding hydrogens is 316 g/mol. The smallest absolute Gasteiger partial charge is 0.326 e. The predicted octanol–water partition coefficient (Wildman–Crippen LogP) is -1.29. The summed E-state index contributed by atoms with van der Waals surface area (Å²) in [6.45, 7) is 4.21. The number of nitrogens with one attached hydrogen (secondary N) is 3. The fraction of sp³-hybridized carbons (Fsp3) is 0.733. The third-order valence-corrected chi connectivity index (χ3v) is 4.19. The van der Waals surface area contributed by atoms with Crippen LogP contribution in [0.25, 0.3) is 0 Å². The van der Waals surface area contributed by atoms with Gasteiger partial charge in [0.2, 0.25) is 17.7 Å². The van der Waals surface area contributed by atoms with Crippen molar-refractivity contribution in [1.29, 1.82) is 0 Å². The first-order chi connectivity index (χ1) is 11.3. The van der Waals surface area contributed by atoms with Gasteiger partial charge in [-0.2, -0.15) is 0 Å². The fourth-order valence-electron chi connectivity index (χ4n) is 2.53. The largest absolute Gasteiger partial charge is 0.480 e. The van der Waals surface area contributed by atoms with Crippen molar-refractivity contribution in [3.8, 4) is 0 Å². The number of carbonyl (C=O) groups excluding carboxylic acids is 3. The number of aliphatic carboxylic acids is 1. The molecule has 3 amide bonds. The first-order valence-electron chi connectivity index (χ1n) is 8.11. The Morgan fingerprint density at radius 1 is 1.29 bits per heavy atom. The molecule has 136 valence electrons. The van der Waals surface area contributed by atoms with E-state index in [0.29, 0.717) is 19.4 Å². The molecule has 1 heterocycles. The summed E-state index contributed by atoms with van der Waals surface area (Å²) < 4.78 is 0. The zero-order chi connectivity index (χ0) is 18.3. The zero-order valence-electron chi connectivity index (χ0n) is 14.0. The lowest BCUT2D eigenvalue weighted by Crippen LogP contribution is -2.56. The van der Waals surface area contributed by atoms with Crippen molar-refractivity contribution in [1.82, 2.24) is 16.0 Å². The van der Waals surface area contributed by atoms with Crippen LogP contribution in [-0.4, -0.2) is 53.5 Å². The Balaban J connectivity index is 2.77. The highest BCUT2D eigenvalue weighted by molar-refractivity contribution is 5.94. The van der Waals surface area contributed by atoms with Crippen molar-refractivity contribution < 1.29 is 24.3 Å². The van der Waals surface area contributed by atoms with Crippen LogP contribution in [0, 0.1) is 5.92 Å². The highest BCUT2D eigenvalue weighted by Crippen LogP contribution is 2.09. The van der Waals surface area contributed by atoms with Gasteiger partial charge in [0.15, 0.2) is 0 Å². The zero-order valence-corrected chi connectivity index (χ0v) is 14.0. The molecule has 4 atom stereocenters. The molecule has 1 fully saturated rings. The monoisotopic (exact) mass is 342 g/mol. The van der Waals surface area contributed by atoms with Crippen LogP contribution in [0.15, 0.2) is 0 Å². The summed E-state index contributed by atoms with van der Waals surface area (Å²) >= 11 is 0. The molecule has 0 saturated carbocycles. The molecule has 1 saturated heterocycles. The molecule has 1 rings (SSSR count). The molecule has 0 unspecified atom stereocenters. The fourth-order valence-corrected chi connectivity index (χ4v) is 2.53. The Hall–Kier alpha value is -2.16. The summed E-state index contributed by atoms with van der Waals surface area (Å²) in [6.07, 6.45) is 1.65. The van der Waals surface area contributed by atoms with Crippen molar-refractivity contribution in [2.45, 2.75) is 57.7 Å². The molecular formula is C15H26N4O5. The summed E-state index contributed by atoms with van der Waals surface area (Å²) in [7, 11) is 0. The topological polar surface area (TPSA) is 151 Å². The molecule has 1 aliphatic heterocycles. The van der Waals surface area contributed by atoms with Crippen molar-refractivity contribution in [3.05, 3.63) is 0 Å². The molecule has 0 aromatic rings. The summed E-state index contributed by atoms with van der Waals surface area (Å²) in [6, 6.07) is -2.71. The number of carbonyl (C=O) groups is 4. The van der Waals surface area contributed by atoms with Gasteiger partial charge >= 0.3 is 5.97 Å². The molecule has 0 spiro atoms. The molecule has 0 aromatic heterocycles. The van der Waals surface area contributed by atoms with E-state index in [1.165, 1.54) is 0 Å². The van der Waals surface area contributed by atoms with Gasteiger partial charge in [0.25, 0.3) is 0 Å². The average molecular weight is 342 g/mol. The van der Waals surface area contributed by atoms with Crippen LogP contribution >= 0.6 is 0 Å². The standard InChI is InChI=1S/C15H26N4O5/c1-3-8(2)12(15(23)24)19-14(22)10(7-11(16)20)18-13(21)9-5-4-6-17-9/h8-10,12,17H,3-7H2,1-2H3,(H2,16,20)(H,18,21)(H,19,22)(H,23,24)/t8-,9-,10-,12-/m0/s1. The minimum Gasteiger partial charge on any atom is -0.480 e. The van der Waals surface area contributed by atoms with E-state index in [0.717, 1.165) is 6.42 Å². The highest BCUT2D eigenvalue weighted by atomic mass is 16.4. The summed E-state index contributed by atoms with van der Waals surface area (Å²) in [5.74, 6) is -3.35. The van der Waals surface area contributed by atoms with Gasteiger partial charge in [-0.1, -0.05) is 20.3 Å². The molecule has 0 radical (unpaired) electrons. The Kier molecular flexibility index (Phi) is 7.63. The maximum atomic E-state index is 12.3. The molecule has 9 heteroatoms. The van der Waals surface area contributed by atoms with E-state index in [4.69, 9.17) is 5.73 Å². The predicted molar refractivity (Wildman–Crippen MR) is 85.8 cm³/mol. The molecule has 6 N–H and O–H groups in total. The van der Waals surface area contributed by atoms with Crippen molar-refractivity contribution in [3.63, 3.8) is 0 Å². The summed E-state index contributed by atoms with van der Waals surface area (Å²) in [5, 5.41) is 17.1. The van der Waals surface area contributed by atoms with Gasteiger partial charge in [0.1, 0.15) is 12.1 Å². The van der Waals surface area contributed by atoms with Gasteiger partial charge in [-0.3, -0.25) is 14.4 Å². The summed E-state index contributed by atoms with van der Waals surface area (Å²) in [4.78, 5) is 47.0. The van der Waals surface area contributed by atoms with Gasteiger partial charge in [-0.25, -0.2) is 4.79 Å². The normalized spacial score (nSPS) is 20.7. The molecule has 9 nitrogen and oxygen atoms in total. The van der Waals surface area contributed by atoms with Crippen LogP contribution < -0.4 is 21.7 Å². The SMILES string of the molecule is CC[C@H](C)[C@H](NC(=O)[C@H](CC(N)=O)NC(=O)[C@@H]1CCCN1)C(=O)O. The Morgan fingerprint density at radius 3 is 2.42 bits per heavy atom. The minimum absolute atomic E-state index is 0.298. The van der Waals surface area contributed by atoms with E-state index < -0.39 is 48.2 Å². The minimum atomic E-state index is -1.19. The molecule has 1 aliphatic rings. The van der Waals surface area contributed by atoms with E-state index in [2.05, 4.69) is 16.0 Å². The van der Waals surface area contributed by atoms with Crippen LogP contribution in [0.3, 0.4) is 0 Å². The maximum absolute atomic E-state index is 12.3. The summed E-state index contributed by atoms with van der Waals surface area (Å²) in [5.41, 5.74) is 5.13. The first-order valence-corrected chi connectivity index (χ1v) is 8.11. The Morgan fingerprint density at radius 2 is 1.96 bits per heavy atom. The Labute approximate surface area is 140 Å². The number of nitrogens with two attached hydrogens (primary N) is 1. The van der Waals surface area contributed by atoms with Crippen LogP contribution in [0.5, 0.6) is 0 Å². The number of rotatable bonds is 9. The van der Waals surface area contributed by atoms with Crippen LogP contribution in [0.4, 0.5) is 0 Å². The first kappa shape index (κ1) is 19.9. The van der Waals surface area contributed by atoms with Crippen molar-refractivity contribution in [2.75, 3.05) is 6.54 Å². The van der Waals surface area contributed by atoms with Gasteiger partial charge < -0.3 is 26.8 Å². The maximum Gasteiger partial charge on any atom is 0.326 e. The van der Waals surface area contributed by atoms with Gasteiger partial charge in [-0.15, -0.1) is 0 Å². The lowest BCUT2D eigenvalue weighted by Gasteiger charge is -2.24. The number of carboxylic acids is 1. The van der Waals surface area contributed by atoms with E-state index in [-0.39, 0.29) is 5.92 Å². The van der Waals surface area contributed by atoms with Crippen LogP contribution in [0.2, 0.25) is 0 Å². The van der Waals surface area contributed by atoms with Crippen molar-refractivity contribution >= 4 is 23.7 Å². The number of hydrogen-bond acceptors (Lipinski definition) is 5. The van der Waals surface area contributed by atoms with Gasteiger partial charge in [0.05, 0.1) is 12.5 Å². The second-order valence-electron chi connectivity index (χ2n) is 6.09. The number of primary amides is 1. The lowest BCUT2D eigenvalue weighted by molar-refractivity contribution is -0.143. The molecule has 0 aromatic carbocycles. The second kappa shape index (κ2) is 9.21. The van der Waals surface area contributed by atoms with Gasteiger partial charge in [0, 0.05) is 0 Å². The number of amides is 3. The third kappa shape index (κ3) is 5.80. The number of carboxylic acid groups (broad SMARTS) is 1. The second-order valence-corrected chi connectivity index (χ2v) is 6.09. The lowest BCUT2D eigenvalue weighted by atomic mass is 9.98. The Bertz CT molecular complexity index is 490. The molecule has 0 bridgehead atoms.